The van der Waals surface area contributed by atoms with E-state index in [2.05, 4.69) is 28.7 Å². The van der Waals surface area contributed by atoms with Gasteiger partial charge in [0.05, 0.1) is 0 Å². The highest BCUT2D eigenvalue weighted by Crippen LogP contribution is 2.20. The Kier molecular flexibility index (Phi) is 4.18. The van der Waals surface area contributed by atoms with Crippen LogP contribution in [-0.2, 0) is 0 Å². The van der Waals surface area contributed by atoms with E-state index in [0.29, 0.717) is 0 Å². The molecule has 0 aliphatic carbocycles. The Morgan fingerprint density at radius 1 is 1.27 bits per heavy atom. The van der Waals surface area contributed by atoms with Crippen molar-refractivity contribution in [2.75, 3.05) is 5.73 Å². The first kappa shape index (κ1) is 11.0. The van der Waals surface area contributed by atoms with Gasteiger partial charge in [-0.1, -0.05) is 6.07 Å². The van der Waals surface area contributed by atoms with Gasteiger partial charge in [0.1, 0.15) is 0 Å². The van der Waals surface area contributed by atoms with Crippen LogP contribution in [0.15, 0.2) is 12.1 Å². The van der Waals surface area contributed by atoms with Gasteiger partial charge >= 0.3 is 0 Å². The van der Waals surface area contributed by atoms with Crippen molar-refractivity contribution < 1.29 is 0 Å². The van der Waals surface area contributed by atoms with Gasteiger partial charge in [-0.05, 0) is 53.6 Å². The summed E-state index contributed by atoms with van der Waals surface area (Å²) in [5, 5.41) is 0. The first-order valence-electron chi connectivity index (χ1n) is 3.14. The molecule has 11 heavy (non-hydrogen) atoms. The molecule has 1 rings (SSSR count). The lowest BCUT2D eigenvalue weighted by Crippen LogP contribution is -1.94. The second-order valence-electron chi connectivity index (χ2n) is 2.40. The van der Waals surface area contributed by atoms with Gasteiger partial charge in [0, 0.05) is 9.26 Å². The number of nitrogens with two attached hydrogens (primary N) is 1. The normalized spacial score (nSPS) is 9.00. The van der Waals surface area contributed by atoms with Gasteiger partial charge in [-0.25, -0.2) is 0 Å². The minimum Gasteiger partial charge on any atom is -0.398 e. The van der Waals surface area contributed by atoms with Crippen LogP contribution in [0.1, 0.15) is 11.1 Å². The minimum absolute atomic E-state index is 0. The van der Waals surface area contributed by atoms with Crippen LogP contribution in [0.3, 0.4) is 0 Å². The number of anilines is 1. The Morgan fingerprint density at radius 3 is 2.27 bits per heavy atom. The van der Waals surface area contributed by atoms with Crippen LogP contribution < -0.4 is 5.73 Å². The monoisotopic (exact) mass is 283 g/mol. The predicted octanol–water partition coefficient (Wildman–Crippen LogP) is 2.91. The van der Waals surface area contributed by atoms with Crippen molar-refractivity contribution in [2.24, 2.45) is 0 Å². The van der Waals surface area contributed by atoms with Gasteiger partial charge in [0.2, 0.25) is 0 Å². The van der Waals surface area contributed by atoms with E-state index in [1.807, 2.05) is 19.9 Å². The van der Waals surface area contributed by atoms with Crippen LogP contribution in [0.4, 0.5) is 5.69 Å². The Bertz CT molecular complexity index is 234. The maximum atomic E-state index is 5.78. The summed E-state index contributed by atoms with van der Waals surface area (Å²) in [5.41, 5.74) is 9.06. The molecule has 0 saturated heterocycles. The topological polar surface area (TPSA) is 26.0 Å². The lowest BCUT2D eigenvalue weighted by Gasteiger charge is -2.04. The van der Waals surface area contributed by atoms with Crippen LogP contribution in [-0.4, -0.2) is 0 Å². The molecular formula is C8H11ClIN. The van der Waals surface area contributed by atoms with Crippen LogP contribution in [0.25, 0.3) is 0 Å². The van der Waals surface area contributed by atoms with E-state index < -0.39 is 0 Å². The molecule has 62 valence electrons. The lowest BCUT2D eigenvalue weighted by atomic mass is 10.1. The summed E-state index contributed by atoms with van der Waals surface area (Å²) in [6, 6.07) is 4.13. The Morgan fingerprint density at radius 2 is 1.82 bits per heavy atom. The molecule has 3 heteroatoms. The average molecular weight is 284 g/mol. The molecule has 1 aromatic rings. The van der Waals surface area contributed by atoms with Crippen molar-refractivity contribution in [3.63, 3.8) is 0 Å². The highest BCUT2D eigenvalue weighted by molar-refractivity contribution is 14.1. The van der Waals surface area contributed by atoms with Gasteiger partial charge < -0.3 is 5.73 Å². The number of aryl methyl sites for hydroxylation is 1. The van der Waals surface area contributed by atoms with Crippen LogP contribution in [0.5, 0.6) is 0 Å². The van der Waals surface area contributed by atoms with E-state index in [-0.39, 0.29) is 12.4 Å². The standard InChI is InChI=1S/C8H10IN.ClH/c1-5-3-4-7(9)6(2)8(5)10;/h3-4H,10H2,1-2H3;1H. The minimum atomic E-state index is 0. The number of rotatable bonds is 0. The maximum absolute atomic E-state index is 5.78. The molecule has 0 aromatic heterocycles. The summed E-state index contributed by atoms with van der Waals surface area (Å²) in [5.74, 6) is 0. The zero-order valence-electron chi connectivity index (χ0n) is 6.52. The van der Waals surface area contributed by atoms with Crippen molar-refractivity contribution in [1.29, 1.82) is 0 Å². The largest absolute Gasteiger partial charge is 0.398 e. The number of nitrogen functional groups attached to an aromatic ring is 1. The van der Waals surface area contributed by atoms with Gasteiger partial charge in [-0.3, -0.25) is 0 Å². The fourth-order valence-electron chi connectivity index (χ4n) is 0.837. The lowest BCUT2D eigenvalue weighted by molar-refractivity contribution is 1.36. The molecule has 1 aromatic carbocycles. The second kappa shape index (κ2) is 4.16. The summed E-state index contributed by atoms with van der Waals surface area (Å²) in [7, 11) is 0. The molecule has 0 spiro atoms. The summed E-state index contributed by atoms with van der Waals surface area (Å²) in [6.45, 7) is 4.07. The first-order chi connectivity index (χ1) is 4.63. The molecule has 2 N–H and O–H groups in total. The van der Waals surface area contributed by atoms with Crippen molar-refractivity contribution in [2.45, 2.75) is 13.8 Å². The Labute approximate surface area is 86.9 Å². The fourth-order valence-corrected chi connectivity index (χ4v) is 1.31. The Balaban J connectivity index is 0.000001000. The number of halogens is 2. The van der Waals surface area contributed by atoms with E-state index in [0.717, 1.165) is 11.3 Å². The molecule has 0 amide bonds. The number of hydrogen-bond acceptors (Lipinski definition) is 1. The Hall–Kier alpha value is 0.0400. The van der Waals surface area contributed by atoms with Gasteiger partial charge in [-0.15, -0.1) is 12.4 Å². The SMILES string of the molecule is Cc1ccc(I)c(C)c1N.Cl. The fraction of sp³-hybridized carbons (Fsp3) is 0.250. The molecule has 0 atom stereocenters. The zero-order chi connectivity index (χ0) is 7.72. The van der Waals surface area contributed by atoms with Crippen LogP contribution >= 0.6 is 35.0 Å². The number of hydrogen-bond donors (Lipinski definition) is 1. The van der Waals surface area contributed by atoms with Gasteiger partial charge in [-0.2, -0.15) is 0 Å². The van der Waals surface area contributed by atoms with Gasteiger partial charge in [0.25, 0.3) is 0 Å². The summed E-state index contributed by atoms with van der Waals surface area (Å²) in [4.78, 5) is 0. The van der Waals surface area contributed by atoms with Gasteiger partial charge in [0.15, 0.2) is 0 Å². The number of benzene rings is 1. The van der Waals surface area contributed by atoms with Crippen LogP contribution in [0, 0.1) is 17.4 Å². The zero-order valence-corrected chi connectivity index (χ0v) is 9.49. The highest BCUT2D eigenvalue weighted by atomic mass is 127. The third-order valence-corrected chi connectivity index (χ3v) is 2.84. The highest BCUT2D eigenvalue weighted by Gasteiger charge is 1.99. The summed E-state index contributed by atoms with van der Waals surface area (Å²) < 4.78 is 1.24. The third-order valence-electron chi connectivity index (χ3n) is 1.67. The first-order valence-corrected chi connectivity index (χ1v) is 4.22. The molecule has 0 radical (unpaired) electrons. The maximum Gasteiger partial charge on any atom is 0.0384 e. The van der Waals surface area contributed by atoms with Crippen molar-refractivity contribution in [3.8, 4) is 0 Å². The summed E-state index contributed by atoms with van der Waals surface area (Å²) in [6.07, 6.45) is 0. The summed E-state index contributed by atoms with van der Waals surface area (Å²) >= 11 is 2.29. The molecule has 0 unspecified atom stereocenters. The van der Waals surface area contributed by atoms with E-state index in [4.69, 9.17) is 5.73 Å². The molecule has 0 bridgehead atoms. The smallest absolute Gasteiger partial charge is 0.0384 e. The van der Waals surface area contributed by atoms with E-state index in [1.54, 1.807) is 0 Å². The second-order valence-corrected chi connectivity index (χ2v) is 3.57. The van der Waals surface area contributed by atoms with E-state index in [1.165, 1.54) is 9.13 Å². The molecular weight excluding hydrogens is 272 g/mol. The van der Waals surface area contributed by atoms with E-state index in [9.17, 15) is 0 Å². The molecule has 0 fully saturated rings. The molecule has 0 aliphatic heterocycles. The third kappa shape index (κ3) is 2.24. The van der Waals surface area contributed by atoms with E-state index >= 15 is 0 Å². The van der Waals surface area contributed by atoms with Crippen molar-refractivity contribution >= 4 is 40.7 Å². The molecule has 0 heterocycles. The molecule has 1 nitrogen and oxygen atoms in total. The quantitative estimate of drug-likeness (QED) is 0.575. The van der Waals surface area contributed by atoms with Crippen molar-refractivity contribution in [1.82, 2.24) is 0 Å². The molecule has 0 aliphatic rings. The average Bonchev–Trinajstić information content (AvgIpc) is 1.93. The predicted molar refractivity (Wildman–Crippen MR) is 60.3 cm³/mol. The molecule has 0 saturated carbocycles. The van der Waals surface area contributed by atoms with Crippen molar-refractivity contribution in [3.05, 3.63) is 26.8 Å². The van der Waals surface area contributed by atoms with Crippen LogP contribution in [0.2, 0.25) is 0 Å².